The van der Waals surface area contributed by atoms with Gasteiger partial charge < -0.3 is 10.2 Å². The molecule has 0 bridgehead atoms. The first-order valence-corrected chi connectivity index (χ1v) is 8.17. The number of rotatable bonds is 3. The van der Waals surface area contributed by atoms with E-state index < -0.39 is 17.5 Å². The third-order valence-electron chi connectivity index (χ3n) is 4.73. The molecule has 1 saturated heterocycles. The normalized spacial score (nSPS) is 22.1. The Bertz CT molecular complexity index is 560. The standard InChI is InChI=1S/C17H24F3N3O/c1-4-13(12-5-8-21-9-6-12)22-15(24)23-10-7-14(17(18,19)20)16(2,3)11-23/h5-6,8-9,13-14H,4,7,10-11H2,1-3H3,(H,22,24)/t13-,14+/m0/s1. The largest absolute Gasteiger partial charge is 0.392 e. The highest BCUT2D eigenvalue weighted by molar-refractivity contribution is 5.75. The van der Waals surface area contributed by atoms with Crippen molar-refractivity contribution in [2.24, 2.45) is 11.3 Å². The van der Waals surface area contributed by atoms with E-state index in [4.69, 9.17) is 0 Å². The van der Waals surface area contributed by atoms with Crippen molar-refractivity contribution in [1.82, 2.24) is 15.2 Å². The fourth-order valence-corrected chi connectivity index (χ4v) is 3.39. The lowest BCUT2D eigenvalue weighted by molar-refractivity contribution is -0.214. The Balaban J connectivity index is 2.03. The number of hydrogen-bond donors (Lipinski definition) is 1. The molecule has 1 aliphatic rings. The predicted octanol–water partition coefficient (Wildman–Crippen LogP) is 4.15. The molecular weight excluding hydrogens is 319 g/mol. The molecule has 134 valence electrons. The highest BCUT2D eigenvalue weighted by Crippen LogP contribution is 2.45. The number of carbonyl (C=O) groups excluding carboxylic acids is 1. The number of nitrogens with zero attached hydrogens (tertiary/aromatic N) is 2. The van der Waals surface area contributed by atoms with E-state index in [9.17, 15) is 18.0 Å². The van der Waals surface area contributed by atoms with Gasteiger partial charge in [0.1, 0.15) is 0 Å². The third kappa shape index (κ3) is 4.19. The molecule has 1 aromatic rings. The molecule has 24 heavy (non-hydrogen) atoms. The summed E-state index contributed by atoms with van der Waals surface area (Å²) in [6.07, 6.45) is -0.284. The van der Waals surface area contributed by atoms with Crippen LogP contribution < -0.4 is 5.32 Å². The van der Waals surface area contributed by atoms with Crippen LogP contribution in [0.5, 0.6) is 0 Å². The van der Waals surface area contributed by atoms with Crippen molar-refractivity contribution >= 4 is 6.03 Å². The Hall–Kier alpha value is -1.79. The summed E-state index contributed by atoms with van der Waals surface area (Å²) >= 11 is 0. The highest BCUT2D eigenvalue weighted by atomic mass is 19.4. The van der Waals surface area contributed by atoms with Crippen molar-refractivity contribution in [3.05, 3.63) is 30.1 Å². The summed E-state index contributed by atoms with van der Waals surface area (Å²) in [4.78, 5) is 17.9. The molecule has 1 fully saturated rings. The smallest absolute Gasteiger partial charge is 0.331 e. The molecule has 7 heteroatoms. The first kappa shape index (κ1) is 18.5. The summed E-state index contributed by atoms with van der Waals surface area (Å²) in [7, 11) is 0. The van der Waals surface area contributed by atoms with Gasteiger partial charge in [-0.15, -0.1) is 0 Å². The van der Waals surface area contributed by atoms with E-state index in [1.165, 1.54) is 4.90 Å². The maximum Gasteiger partial charge on any atom is 0.392 e. The van der Waals surface area contributed by atoms with Gasteiger partial charge in [0, 0.05) is 25.5 Å². The molecule has 0 radical (unpaired) electrons. The Morgan fingerprint density at radius 3 is 2.54 bits per heavy atom. The third-order valence-corrected chi connectivity index (χ3v) is 4.73. The fraction of sp³-hybridized carbons (Fsp3) is 0.647. The van der Waals surface area contributed by atoms with E-state index in [0.29, 0.717) is 6.42 Å². The quantitative estimate of drug-likeness (QED) is 0.896. The Morgan fingerprint density at radius 1 is 1.42 bits per heavy atom. The lowest BCUT2D eigenvalue weighted by Crippen LogP contribution is -2.54. The average molecular weight is 343 g/mol. The van der Waals surface area contributed by atoms with Gasteiger partial charge in [0.05, 0.1) is 12.0 Å². The number of aromatic nitrogens is 1. The SMILES string of the molecule is CC[C@H](NC(=O)N1CC[C@@H](C(F)(F)F)C(C)(C)C1)c1ccncc1. The summed E-state index contributed by atoms with van der Waals surface area (Å²) in [6, 6.07) is 3.17. The average Bonchev–Trinajstić information content (AvgIpc) is 2.50. The van der Waals surface area contributed by atoms with Crippen molar-refractivity contribution in [1.29, 1.82) is 0 Å². The zero-order chi connectivity index (χ0) is 18.0. The van der Waals surface area contributed by atoms with Gasteiger partial charge in [-0.3, -0.25) is 4.98 Å². The second-order valence-electron chi connectivity index (χ2n) is 6.98. The maximum atomic E-state index is 13.1. The van der Waals surface area contributed by atoms with Gasteiger partial charge >= 0.3 is 12.2 Å². The molecule has 0 aliphatic carbocycles. The number of likely N-dealkylation sites (tertiary alicyclic amines) is 1. The van der Waals surface area contributed by atoms with Crippen LogP contribution in [0.3, 0.4) is 0 Å². The molecule has 2 atom stereocenters. The highest BCUT2D eigenvalue weighted by Gasteiger charge is 2.51. The minimum Gasteiger partial charge on any atom is -0.331 e. The van der Waals surface area contributed by atoms with Gasteiger partial charge in [-0.1, -0.05) is 20.8 Å². The second kappa shape index (κ2) is 6.99. The molecule has 1 N–H and O–H groups in total. The van der Waals surface area contributed by atoms with Crippen LogP contribution in [0.2, 0.25) is 0 Å². The Labute approximate surface area is 140 Å². The molecule has 0 saturated carbocycles. The molecule has 2 rings (SSSR count). The van der Waals surface area contributed by atoms with Crippen LogP contribution in [0.4, 0.5) is 18.0 Å². The predicted molar refractivity (Wildman–Crippen MR) is 85.3 cm³/mol. The van der Waals surface area contributed by atoms with Crippen molar-refractivity contribution in [3.63, 3.8) is 0 Å². The van der Waals surface area contributed by atoms with Crippen molar-refractivity contribution < 1.29 is 18.0 Å². The van der Waals surface area contributed by atoms with Crippen LogP contribution in [0.15, 0.2) is 24.5 Å². The summed E-state index contributed by atoms with van der Waals surface area (Å²) in [5.41, 5.74) is -0.0584. The number of halogens is 3. The van der Waals surface area contributed by atoms with Crippen LogP contribution in [-0.4, -0.2) is 35.2 Å². The van der Waals surface area contributed by atoms with Gasteiger partial charge in [-0.25, -0.2) is 4.79 Å². The zero-order valence-electron chi connectivity index (χ0n) is 14.2. The molecule has 2 amide bonds. The summed E-state index contributed by atoms with van der Waals surface area (Å²) < 4.78 is 39.4. The van der Waals surface area contributed by atoms with Crippen LogP contribution in [0.1, 0.15) is 45.2 Å². The van der Waals surface area contributed by atoms with E-state index in [-0.39, 0.29) is 31.6 Å². The topological polar surface area (TPSA) is 45.2 Å². The van der Waals surface area contributed by atoms with Crippen molar-refractivity contribution in [2.45, 2.75) is 45.8 Å². The molecule has 4 nitrogen and oxygen atoms in total. The van der Waals surface area contributed by atoms with E-state index in [0.717, 1.165) is 5.56 Å². The zero-order valence-corrected chi connectivity index (χ0v) is 14.2. The van der Waals surface area contributed by atoms with Crippen LogP contribution in [-0.2, 0) is 0 Å². The molecule has 1 aliphatic heterocycles. The lowest BCUT2D eigenvalue weighted by Gasteiger charge is -2.45. The Kier molecular flexibility index (Phi) is 5.40. The van der Waals surface area contributed by atoms with Crippen molar-refractivity contribution in [2.75, 3.05) is 13.1 Å². The van der Waals surface area contributed by atoms with E-state index in [2.05, 4.69) is 10.3 Å². The summed E-state index contributed by atoms with van der Waals surface area (Å²) in [6.45, 7) is 5.31. The van der Waals surface area contributed by atoms with Gasteiger partial charge in [-0.2, -0.15) is 13.2 Å². The van der Waals surface area contributed by atoms with Gasteiger partial charge in [-0.05, 0) is 36.0 Å². The number of carbonyl (C=O) groups is 1. The molecule has 1 aromatic heterocycles. The van der Waals surface area contributed by atoms with Crippen LogP contribution >= 0.6 is 0 Å². The first-order valence-electron chi connectivity index (χ1n) is 8.17. The second-order valence-corrected chi connectivity index (χ2v) is 6.98. The molecule has 0 aromatic carbocycles. The minimum atomic E-state index is -4.23. The Morgan fingerprint density at radius 2 is 2.04 bits per heavy atom. The number of amides is 2. The van der Waals surface area contributed by atoms with Crippen molar-refractivity contribution in [3.8, 4) is 0 Å². The summed E-state index contributed by atoms with van der Waals surface area (Å²) in [5.74, 6) is -1.38. The number of nitrogens with one attached hydrogen (secondary N) is 1. The molecule has 2 heterocycles. The van der Waals surface area contributed by atoms with E-state index in [1.54, 1.807) is 26.2 Å². The molecular formula is C17H24F3N3O. The maximum absolute atomic E-state index is 13.1. The number of urea groups is 1. The van der Waals surface area contributed by atoms with E-state index >= 15 is 0 Å². The number of alkyl halides is 3. The van der Waals surface area contributed by atoms with Crippen LogP contribution in [0, 0.1) is 11.3 Å². The van der Waals surface area contributed by atoms with Crippen LogP contribution in [0.25, 0.3) is 0 Å². The van der Waals surface area contributed by atoms with Gasteiger partial charge in [0.2, 0.25) is 0 Å². The first-order chi connectivity index (χ1) is 11.1. The molecule has 0 unspecified atom stereocenters. The van der Waals surface area contributed by atoms with Gasteiger partial charge in [0.25, 0.3) is 0 Å². The minimum absolute atomic E-state index is 0.0596. The van der Waals surface area contributed by atoms with Gasteiger partial charge in [0.15, 0.2) is 0 Å². The molecule has 0 spiro atoms. The number of piperidine rings is 1. The summed E-state index contributed by atoms with van der Waals surface area (Å²) in [5, 5.41) is 2.92. The fourth-order valence-electron chi connectivity index (χ4n) is 3.39. The van der Waals surface area contributed by atoms with E-state index in [1.807, 2.05) is 19.1 Å². The number of pyridine rings is 1. The number of hydrogen-bond acceptors (Lipinski definition) is 2. The monoisotopic (exact) mass is 343 g/mol. The lowest BCUT2D eigenvalue weighted by atomic mass is 9.73.